The van der Waals surface area contributed by atoms with Crippen molar-refractivity contribution in [3.63, 3.8) is 0 Å². The molecule has 0 atom stereocenters. The molecule has 1 heterocycles. The van der Waals surface area contributed by atoms with Gasteiger partial charge in [-0.25, -0.2) is 9.18 Å². The van der Waals surface area contributed by atoms with Crippen molar-refractivity contribution in [3.8, 4) is 0 Å². The second kappa shape index (κ2) is 4.20. The zero-order valence-corrected chi connectivity index (χ0v) is 9.53. The van der Waals surface area contributed by atoms with Gasteiger partial charge in [0.05, 0.1) is 7.11 Å². The number of benzene rings is 1. The molecule has 0 saturated carbocycles. The van der Waals surface area contributed by atoms with Crippen LogP contribution in [0.3, 0.4) is 0 Å². The number of ether oxygens (including phenoxy) is 1. The van der Waals surface area contributed by atoms with E-state index < -0.39 is 11.8 Å². The molecule has 2 aromatic rings. The predicted octanol–water partition coefficient (Wildman–Crippen LogP) is 0.776. The fraction of sp³-hybridized carbons (Fsp3) is 0.273. The molecule has 0 amide bonds. The first-order valence-electron chi connectivity index (χ1n) is 5.12. The molecule has 4 nitrogen and oxygen atoms in total. The normalized spacial score (nSPS) is 10.8. The van der Waals surface area contributed by atoms with Gasteiger partial charge < -0.3 is 4.74 Å². The minimum Gasteiger partial charge on any atom is -0.465 e. The minimum absolute atomic E-state index is 0.177. The fourth-order valence-electron chi connectivity index (χ4n) is 1.68. The molecule has 0 aliphatic rings. The van der Waals surface area contributed by atoms with Crippen molar-refractivity contribution >= 4 is 30.2 Å². The van der Waals surface area contributed by atoms with Gasteiger partial charge in [-0.2, -0.15) is 5.10 Å². The molecule has 2 radical (unpaired) electrons. The Bertz CT molecular complexity index is 595. The number of methoxy groups -OCH3 is 1. The maximum Gasteiger partial charge on any atom is 0.343 e. The van der Waals surface area contributed by atoms with Gasteiger partial charge in [0.15, 0.2) is 0 Å². The quantitative estimate of drug-likeness (QED) is 0.567. The van der Waals surface area contributed by atoms with Gasteiger partial charge in [0.25, 0.3) is 0 Å². The predicted molar refractivity (Wildman–Crippen MR) is 62.1 cm³/mol. The van der Waals surface area contributed by atoms with E-state index in [1.165, 1.54) is 7.11 Å². The Morgan fingerprint density at radius 2 is 2.35 bits per heavy atom. The topological polar surface area (TPSA) is 44.1 Å². The fourth-order valence-corrected chi connectivity index (χ4v) is 1.68. The summed E-state index contributed by atoms with van der Waals surface area (Å²) in [6.45, 7) is 2.49. The van der Waals surface area contributed by atoms with Crippen molar-refractivity contribution < 1.29 is 13.9 Å². The smallest absolute Gasteiger partial charge is 0.343 e. The molecule has 0 aliphatic carbocycles. The van der Waals surface area contributed by atoms with Crippen molar-refractivity contribution in [3.05, 3.63) is 23.6 Å². The van der Waals surface area contributed by atoms with E-state index in [1.54, 1.807) is 10.9 Å². The number of aryl methyl sites for hydroxylation is 1. The largest absolute Gasteiger partial charge is 0.465 e. The zero-order chi connectivity index (χ0) is 12.6. The van der Waals surface area contributed by atoms with Crippen molar-refractivity contribution in [1.82, 2.24) is 9.78 Å². The maximum absolute atomic E-state index is 13.7. The lowest BCUT2D eigenvalue weighted by Gasteiger charge is -2.04. The Morgan fingerprint density at radius 1 is 1.65 bits per heavy atom. The van der Waals surface area contributed by atoms with E-state index in [0.29, 0.717) is 11.9 Å². The van der Waals surface area contributed by atoms with E-state index in [0.717, 1.165) is 6.07 Å². The van der Waals surface area contributed by atoms with E-state index >= 15 is 0 Å². The second-order valence-electron chi connectivity index (χ2n) is 3.56. The average Bonchev–Trinajstić information content (AvgIpc) is 2.72. The summed E-state index contributed by atoms with van der Waals surface area (Å²) < 4.78 is 19.8. The highest BCUT2D eigenvalue weighted by atomic mass is 19.1. The van der Waals surface area contributed by atoms with Crippen molar-refractivity contribution in [2.45, 2.75) is 13.5 Å². The number of carbonyl (C=O) groups excluding carboxylic acids is 1. The molecule has 0 saturated heterocycles. The van der Waals surface area contributed by atoms with E-state index in [1.807, 2.05) is 6.92 Å². The van der Waals surface area contributed by atoms with Crippen molar-refractivity contribution in [1.29, 1.82) is 0 Å². The molecule has 0 N–H and O–H groups in total. The Morgan fingerprint density at radius 3 is 2.94 bits per heavy atom. The zero-order valence-electron chi connectivity index (χ0n) is 9.53. The van der Waals surface area contributed by atoms with Gasteiger partial charge in [-0.05, 0) is 13.0 Å². The van der Waals surface area contributed by atoms with Gasteiger partial charge in [-0.15, -0.1) is 0 Å². The first kappa shape index (κ1) is 11.6. The first-order valence-corrected chi connectivity index (χ1v) is 5.12. The number of hydrogen-bond acceptors (Lipinski definition) is 3. The summed E-state index contributed by atoms with van der Waals surface area (Å²) in [5.74, 6) is -1.47. The van der Waals surface area contributed by atoms with Gasteiger partial charge >= 0.3 is 5.97 Å². The van der Waals surface area contributed by atoms with Gasteiger partial charge in [0, 0.05) is 18.1 Å². The van der Waals surface area contributed by atoms with E-state index in [4.69, 9.17) is 7.85 Å². The van der Waals surface area contributed by atoms with Gasteiger partial charge in [0.1, 0.15) is 24.7 Å². The third kappa shape index (κ3) is 1.79. The molecule has 1 aromatic heterocycles. The number of esters is 1. The molecule has 0 unspecified atom stereocenters. The summed E-state index contributed by atoms with van der Waals surface area (Å²) in [5.41, 5.74) is 0.310. The molecular formula is C11H10BFN2O2. The minimum atomic E-state index is -0.756. The van der Waals surface area contributed by atoms with E-state index in [2.05, 4.69) is 9.84 Å². The highest BCUT2D eigenvalue weighted by molar-refractivity contribution is 6.39. The molecule has 17 heavy (non-hydrogen) atoms. The number of fused-ring (bicyclic) bond motifs is 1. The number of carbonyl (C=O) groups is 1. The Hall–Kier alpha value is -1.85. The molecule has 86 valence electrons. The van der Waals surface area contributed by atoms with Gasteiger partial charge in [0.2, 0.25) is 0 Å². The molecule has 0 bridgehead atoms. The summed E-state index contributed by atoms with van der Waals surface area (Å²) >= 11 is 0. The number of aromatic nitrogens is 2. The van der Waals surface area contributed by atoms with Crippen LogP contribution < -0.4 is 5.46 Å². The van der Waals surface area contributed by atoms with Crippen LogP contribution in [0.2, 0.25) is 0 Å². The SMILES string of the molecule is [B]c1cc(F)c(C(=O)OC)c2nn(CC)cc12. The van der Waals surface area contributed by atoms with Crippen molar-refractivity contribution in [2.24, 2.45) is 0 Å². The monoisotopic (exact) mass is 232 g/mol. The average molecular weight is 232 g/mol. The summed E-state index contributed by atoms with van der Waals surface area (Å²) in [6.07, 6.45) is 1.68. The number of nitrogens with zero attached hydrogens (tertiary/aromatic N) is 2. The molecule has 2 rings (SSSR count). The second-order valence-corrected chi connectivity index (χ2v) is 3.56. The van der Waals surface area contributed by atoms with Crippen LogP contribution in [0.25, 0.3) is 10.9 Å². The van der Waals surface area contributed by atoms with Crippen LogP contribution >= 0.6 is 0 Å². The highest BCUT2D eigenvalue weighted by Crippen LogP contribution is 2.19. The maximum atomic E-state index is 13.7. The summed E-state index contributed by atoms with van der Waals surface area (Å²) in [4.78, 5) is 11.5. The third-order valence-electron chi connectivity index (χ3n) is 2.54. The van der Waals surface area contributed by atoms with Crippen molar-refractivity contribution in [2.75, 3.05) is 7.11 Å². The van der Waals surface area contributed by atoms with Crippen LogP contribution in [0.15, 0.2) is 12.3 Å². The summed E-state index contributed by atoms with van der Waals surface area (Å²) in [5, 5.41) is 4.67. The standard InChI is InChI=1S/C11H10BFN2O2/c1-3-15-5-6-7(12)4-8(13)9(10(6)14-15)11(16)17-2/h4-5H,3H2,1-2H3. The Balaban J connectivity index is 2.81. The van der Waals surface area contributed by atoms with Crippen LogP contribution in [-0.2, 0) is 11.3 Å². The van der Waals surface area contributed by atoms with Crippen LogP contribution in [0.5, 0.6) is 0 Å². The highest BCUT2D eigenvalue weighted by Gasteiger charge is 2.20. The summed E-state index contributed by atoms with van der Waals surface area (Å²) in [6, 6.07) is 1.11. The van der Waals surface area contributed by atoms with Crippen LogP contribution in [-0.4, -0.2) is 30.7 Å². The molecular weight excluding hydrogens is 222 g/mol. The lowest BCUT2D eigenvalue weighted by molar-refractivity contribution is 0.0597. The molecule has 1 aromatic carbocycles. The lowest BCUT2D eigenvalue weighted by atomic mass is 9.91. The summed E-state index contributed by atoms with van der Waals surface area (Å²) in [7, 11) is 6.89. The van der Waals surface area contributed by atoms with Crippen LogP contribution in [0, 0.1) is 5.82 Å². The molecule has 0 fully saturated rings. The Labute approximate surface area is 98.8 Å². The van der Waals surface area contributed by atoms with Gasteiger partial charge in [-0.3, -0.25) is 4.68 Å². The van der Waals surface area contributed by atoms with Gasteiger partial charge in [-0.1, -0.05) is 5.46 Å². The van der Waals surface area contributed by atoms with Crippen LogP contribution in [0.1, 0.15) is 17.3 Å². The molecule has 0 aliphatic heterocycles. The number of halogens is 1. The Kier molecular flexibility index (Phi) is 2.87. The molecule has 0 spiro atoms. The number of rotatable bonds is 2. The van der Waals surface area contributed by atoms with E-state index in [9.17, 15) is 9.18 Å². The third-order valence-corrected chi connectivity index (χ3v) is 2.54. The van der Waals surface area contributed by atoms with Crippen LogP contribution in [0.4, 0.5) is 4.39 Å². The molecule has 6 heteroatoms. The first-order chi connectivity index (χ1) is 8.08. The number of hydrogen-bond donors (Lipinski definition) is 0. The lowest BCUT2D eigenvalue weighted by Crippen LogP contribution is -2.12. The van der Waals surface area contributed by atoms with E-state index in [-0.39, 0.29) is 16.5 Å².